The molecule has 158 valence electrons. The number of benzene rings is 1. The fourth-order valence-electron chi connectivity index (χ4n) is 3.72. The highest BCUT2D eigenvalue weighted by Gasteiger charge is 2.39. The SMILES string of the molecule is CCO[Si](CCC[n+]1ccn(-c2c(C)cc(C)cc2C)c1)(OCC)OCC.[Cl-]. The molecule has 0 amide bonds. The minimum atomic E-state index is -2.55. The van der Waals surface area contributed by atoms with Crippen molar-refractivity contribution in [3.63, 3.8) is 0 Å². The van der Waals surface area contributed by atoms with Crippen molar-refractivity contribution < 1.29 is 30.3 Å². The molecule has 0 saturated carbocycles. The molecule has 0 spiro atoms. The van der Waals surface area contributed by atoms with Crippen molar-refractivity contribution in [1.29, 1.82) is 0 Å². The molecule has 1 aromatic carbocycles. The molecule has 0 atom stereocenters. The monoisotopic (exact) mass is 426 g/mol. The zero-order chi connectivity index (χ0) is 19.9. The lowest BCUT2D eigenvalue weighted by atomic mass is 10.1. The third-order valence-corrected chi connectivity index (χ3v) is 7.73. The normalized spacial score (nSPS) is 11.5. The van der Waals surface area contributed by atoms with Gasteiger partial charge in [-0.3, -0.25) is 0 Å². The number of halogens is 1. The molecule has 1 heterocycles. The first-order valence-corrected chi connectivity index (χ1v) is 11.9. The standard InChI is InChI=1S/C21H35N2O3Si.ClH/c1-7-24-27(25-8-2,26-9-3)14-10-11-22-12-13-23(17-22)21-19(5)15-18(4)16-20(21)6;/h12-13,15-17H,7-11,14H2,1-6H3;1H/q+1;/p-1. The quantitative estimate of drug-likeness (QED) is 0.399. The molecule has 0 bridgehead atoms. The summed E-state index contributed by atoms with van der Waals surface area (Å²) in [5.41, 5.74) is 5.16. The molecule has 0 fully saturated rings. The first kappa shape index (κ1) is 24.9. The molecular formula is C21H35ClN2O3Si. The second-order valence-corrected chi connectivity index (χ2v) is 9.62. The van der Waals surface area contributed by atoms with Gasteiger partial charge in [0, 0.05) is 25.9 Å². The van der Waals surface area contributed by atoms with Crippen LogP contribution in [0.5, 0.6) is 0 Å². The first-order valence-electron chi connectivity index (χ1n) is 10.0. The van der Waals surface area contributed by atoms with Crippen LogP contribution in [-0.4, -0.2) is 33.2 Å². The lowest BCUT2D eigenvalue weighted by Crippen LogP contribution is -3.00. The van der Waals surface area contributed by atoms with Crippen LogP contribution >= 0.6 is 0 Å². The fourth-order valence-corrected chi connectivity index (χ4v) is 6.31. The average Bonchev–Trinajstić information content (AvgIpc) is 3.03. The number of imidazole rings is 1. The van der Waals surface area contributed by atoms with Crippen LogP contribution in [0.25, 0.3) is 5.69 Å². The summed E-state index contributed by atoms with van der Waals surface area (Å²) in [4.78, 5) is 0. The summed E-state index contributed by atoms with van der Waals surface area (Å²) in [7, 11) is -2.55. The van der Waals surface area contributed by atoms with Gasteiger partial charge in [0.2, 0.25) is 6.33 Å². The number of aromatic nitrogens is 2. The van der Waals surface area contributed by atoms with Gasteiger partial charge in [-0.05, 0) is 59.1 Å². The van der Waals surface area contributed by atoms with E-state index >= 15 is 0 Å². The van der Waals surface area contributed by atoms with Gasteiger partial charge in [-0.15, -0.1) is 0 Å². The Labute approximate surface area is 177 Å². The van der Waals surface area contributed by atoms with Crippen LogP contribution in [-0.2, 0) is 19.8 Å². The van der Waals surface area contributed by atoms with Crippen LogP contribution in [0, 0.1) is 20.8 Å². The van der Waals surface area contributed by atoms with Gasteiger partial charge in [0.15, 0.2) is 0 Å². The zero-order valence-corrected chi connectivity index (χ0v) is 19.9. The molecule has 0 radical (unpaired) electrons. The van der Waals surface area contributed by atoms with Crippen molar-refractivity contribution in [1.82, 2.24) is 4.57 Å². The van der Waals surface area contributed by atoms with Gasteiger partial charge in [-0.2, -0.15) is 0 Å². The minimum Gasteiger partial charge on any atom is -1.00 e. The maximum Gasteiger partial charge on any atom is 0.501 e. The molecule has 5 nitrogen and oxygen atoms in total. The molecule has 7 heteroatoms. The van der Waals surface area contributed by atoms with E-state index in [9.17, 15) is 0 Å². The maximum absolute atomic E-state index is 5.95. The Bertz CT molecular complexity index is 696. The smallest absolute Gasteiger partial charge is 0.501 e. The van der Waals surface area contributed by atoms with E-state index in [1.165, 1.54) is 22.4 Å². The highest BCUT2D eigenvalue weighted by atomic mass is 35.5. The van der Waals surface area contributed by atoms with Gasteiger partial charge in [0.25, 0.3) is 0 Å². The number of nitrogens with zero attached hydrogens (tertiary/aromatic N) is 2. The van der Waals surface area contributed by atoms with Gasteiger partial charge < -0.3 is 25.7 Å². The van der Waals surface area contributed by atoms with Crippen molar-refractivity contribution in [2.75, 3.05) is 19.8 Å². The molecule has 0 aliphatic carbocycles. The molecule has 0 aliphatic rings. The number of aryl methyl sites for hydroxylation is 4. The lowest BCUT2D eigenvalue weighted by Gasteiger charge is -2.28. The Kier molecular flexibility index (Phi) is 10.4. The predicted molar refractivity (Wildman–Crippen MR) is 110 cm³/mol. The van der Waals surface area contributed by atoms with E-state index in [-0.39, 0.29) is 12.4 Å². The summed E-state index contributed by atoms with van der Waals surface area (Å²) in [5.74, 6) is 0. The molecule has 2 aromatic rings. The summed E-state index contributed by atoms with van der Waals surface area (Å²) in [6.45, 7) is 15.3. The minimum absolute atomic E-state index is 0. The van der Waals surface area contributed by atoms with Gasteiger partial charge >= 0.3 is 8.80 Å². The number of rotatable bonds is 11. The molecule has 0 saturated heterocycles. The topological polar surface area (TPSA) is 36.5 Å². The first-order chi connectivity index (χ1) is 12.9. The predicted octanol–water partition coefficient (Wildman–Crippen LogP) is 1.13. The van der Waals surface area contributed by atoms with Gasteiger partial charge in [0.1, 0.15) is 18.1 Å². The molecule has 0 unspecified atom stereocenters. The van der Waals surface area contributed by atoms with E-state index < -0.39 is 8.80 Å². The van der Waals surface area contributed by atoms with Crippen LogP contribution in [0.1, 0.15) is 43.9 Å². The van der Waals surface area contributed by atoms with Crippen molar-refractivity contribution in [2.45, 2.75) is 60.6 Å². The van der Waals surface area contributed by atoms with Gasteiger partial charge in [-0.1, -0.05) is 17.7 Å². The van der Waals surface area contributed by atoms with Crippen LogP contribution in [0.3, 0.4) is 0 Å². The van der Waals surface area contributed by atoms with Crippen molar-refractivity contribution >= 4 is 8.80 Å². The largest absolute Gasteiger partial charge is 1.00 e. The van der Waals surface area contributed by atoms with Crippen LogP contribution < -0.4 is 17.0 Å². The number of hydrogen-bond donors (Lipinski definition) is 0. The Morgan fingerprint density at radius 3 is 1.96 bits per heavy atom. The highest BCUT2D eigenvalue weighted by molar-refractivity contribution is 6.60. The van der Waals surface area contributed by atoms with E-state index in [1.807, 2.05) is 20.8 Å². The highest BCUT2D eigenvalue weighted by Crippen LogP contribution is 2.21. The Morgan fingerprint density at radius 2 is 1.46 bits per heavy atom. The average molecular weight is 427 g/mol. The van der Waals surface area contributed by atoms with E-state index in [1.54, 1.807) is 0 Å². The second-order valence-electron chi connectivity index (χ2n) is 6.89. The van der Waals surface area contributed by atoms with Crippen molar-refractivity contribution in [2.24, 2.45) is 0 Å². The van der Waals surface area contributed by atoms with Crippen molar-refractivity contribution in [3.8, 4) is 5.69 Å². The van der Waals surface area contributed by atoms with Crippen LogP contribution in [0.4, 0.5) is 0 Å². The zero-order valence-electron chi connectivity index (χ0n) is 18.1. The fraction of sp³-hybridized carbons (Fsp3) is 0.571. The molecule has 0 aliphatic heterocycles. The summed E-state index contributed by atoms with van der Waals surface area (Å²) in [6.07, 6.45) is 7.38. The lowest BCUT2D eigenvalue weighted by molar-refractivity contribution is -0.696. The van der Waals surface area contributed by atoms with Gasteiger partial charge in [-0.25, -0.2) is 9.13 Å². The third kappa shape index (κ3) is 6.42. The van der Waals surface area contributed by atoms with E-state index in [2.05, 4.69) is 60.8 Å². The maximum atomic E-state index is 5.95. The molecule has 0 N–H and O–H groups in total. The third-order valence-electron chi connectivity index (χ3n) is 4.58. The van der Waals surface area contributed by atoms with E-state index in [0.29, 0.717) is 19.8 Å². The molecule has 28 heavy (non-hydrogen) atoms. The molecule has 2 rings (SSSR count). The van der Waals surface area contributed by atoms with Crippen molar-refractivity contribution in [3.05, 3.63) is 47.5 Å². The summed E-state index contributed by atoms with van der Waals surface area (Å²) in [6, 6.07) is 5.31. The molecule has 1 aromatic heterocycles. The Balaban J connectivity index is 0.00000392. The summed E-state index contributed by atoms with van der Waals surface area (Å²) < 4.78 is 22.3. The summed E-state index contributed by atoms with van der Waals surface area (Å²) >= 11 is 0. The van der Waals surface area contributed by atoms with Crippen LogP contribution in [0.15, 0.2) is 30.9 Å². The second kappa shape index (κ2) is 11.7. The Morgan fingerprint density at radius 1 is 0.929 bits per heavy atom. The van der Waals surface area contributed by atoms with Gasteiger partial charge in [0.05, 0.1) is 6.54 Å². The van der Waals surface area contributed by atoms with Crippen LogP contribution in [0.2, 0.25) is 6.04 Å². The van der Waals surface area contributed by atoms with E-state index in [4.69, 9.17) is 13.3 Å². The van der Waals surface area contributed by atoms with E-state index in [0.717, 1.165) is 19.0 Å². The Hall–Kier alpha value is -1.18. The summed E-state index contributed by atoms with van der Waals surface area (Å²) in [5, 5.41) is 0. The molecular weight excluding hydrogens is 392 g/mol. The number of hydrogen-bond acceptors (Lipinski definition) is 3.